The Morgan fingerprint density at radius 2 is 2.22 bits per heavy atom. The Labute approximate surface area is 142 Å². The number of rotatable bonds is 6. The number of thiazole rings is 1. The molecule has 0 fully saturated rings. The molecule has 0 saturated heterocycles. The fourth-order valence-corrected chi connectivity index (χ4v) is 4.43. The molecule has 0 amide bonds. The van der Waals surface area contributed by atoms with Gasteiger partial charge < -0.3 is 9.84 Å². The van der Waals surface area contributed by atoms with Gasteiger partial charge in [-0.25, -0.2) is 4.98 Å². The van der Waals surface area contributed by atoms with Crippen molar-refractivity contribution in [2.75, 3.05) is 0 Å². The highest BCUT2D eigenvalue weighted by Gasteiger charge is 2.11. The Hall–Kier alpha value is -1.92. The zero-order valence-corrected chi connectivity index (χ0v) is 14.6. The third kappa shape index (κ3) is 3.54. The van der Waals surface area contributed by atoms with Crippen LogP contribution in [0.3, 0.4) is 0 Å². The van der Waals surface area contributed by atoms with Crippen molar-refractivity contribution in [1.82, 2.24) is 4.98 Å². The number of carbonyl (C=O) groups is 1. The van der Waals surface area contributed by atoms with E-state index in [-0.39, 0.29) is 6.42 Å². The number of hydrogen-bond acceptors (Lipinski definition) is 5. The second-order valence-corrected chi connectivity index (χ2v) is 7.43. The summed E-state index contributed by atoms with van der Waals surface area (Å²) in [6.07, 6.45) is 0.964. The molecule has 0 aliphatic heterocycles. The van der Waals surface area contributed by atoms with E-state index in [9.17, 15) is 4.79 Å². The first kappa shape index (κ1) is 16.0. The van der Waals surface area contributed by atoms with Gasteiger partial charge in [-0.15, -0.1) is 22.7 Å². The maximum atomic E-state index is 10.9. The van der Waals surface area contributed by atoms with Gasteiger partial charge in [0.1, 0.15) is 12.4 Å². The molecular weight excluding hydrogens is 330 g/mol. The van der Waals surface area contributed by atoms with Crippen LogP contribution in [0.2, 0.25) is 0 Å². The van der Waals surface area contributed by atoms with Crippen LogP contribution in [0.1, 0.15) is 28.1 Å². The smallest absolute Gasteiger partial charge is 0.307 e. The van der Waals surface area contributed by atoms with Crippen LogP contribution >= 0.6 is 22.7 Å². The number of aryl methyl sites for hydroxylation is 2. The van der Waals surface area contributed by atoms with E-state index in [0.29, 0.717) is 6.61 Å². The number of hydrogen-bond donors (Lipinski definition) is 1. The molecule has 0 spiro atoms. The maximum Gasteiger partial charge on any atom is 0.307 e. The molecule has 3 aromatic rings. The molecule has 0 atom stereocenters. The van der Waals surface area contributed by atoms with E-state index in [1.807, 2.05) is 30.5 Å². The monoisotopic (exact) mass is 347 g/mol. The predicted molar refractivity (Wildman–Crippen MR) is 93.7 cm³/mol. The Kier molecular flexibility index (Phi) is 4.63. The molecule has 0 aliphatic carbocycles. The van der Waals surface area contributed by atoms with Crippen LogP contribution in [0.4, 0.5) is 0 Å². The fourth-order valence-electron chi connectivity index (χ4n) is 2.50. The molecule has 4 nitrogen and oxygen atoms in total. The van der Waals surface area contributed by atoms with Crippen molar-refractivity contribution >= 4 is 38.7 Å². The average Bonchev–Trinajstić information content (AvgIpc) is 3.07. The molecule has 0 bridgehead atoms. The molecule has 3 rings (SSSR count). The van der Waals surface area contributed by atoms with Crippen molar-refractivity contribution < 1.29 is 14.6 Å². The second-order valence-electron chi connectivity index (χ2n) is 5.23. The van der Waals surface area contributed by atoms with Crippen molar-refractivity contribution in [3.8, 4) is 5.75 Å². The number of aliphatic carboxylic acids is 1. The summed E-state index contributed by atoms with van der Waals surface area (Å²) in [5.41, 5.74) is 1.96. The van der Waals surface area contributed by atoms with Gasteiger partial charge in [0.2, 0.25) is 0 Å². The summed E-state index contributed by atoms with van der Waals surface area (Å²) in [6, 6.07) is 5.82. The molecule has 2 heterocycles. The molecule has 6 heteroatoms. The first-order chi connectivity index (χ1) is 11.1. The molecule has 1 aromatic carbocycles. The molecule has 23 heavy (non-hydrogen) atoms. The van der Waals surface area contributed by atoms with Gasteiger partial charge in [-0.2, -0.15) is 0 Å². The molecule has 0 radical (unpaired) electrons. The quantitative estimate of drug-likeness (QED) is 0.716. The minimum absolute atomic E-state index is 0.0558. The van der Waals surface area contributed by atoms with E-state index in [1.165, 1.54) is 4.88 Å². The van der Waals surface area contributed by atoms with Gasteiger partial charge in [0, 0.05) is 4.70 Å². The van der Waals surface area contributed by atoms with E-state index in [0.717, 1.165) is 38.5 Å². The molecule has 1 N–H and O–H groups in total. The van der Waals surface area contributed by atoms with Gasteiger partial charge in [-0.05, 0) is 47.9 Å². The van der Waals surface area contributed by atoms with Gasteiger partial charge in [-0.3, -0.25) is 4.79 Å². The normalized spacial score (nSPS) is 11.0. The minimum Gasteiger partial charge on any atom is -0.488 e. The van der Waals surface area contributed by atoms with Crippen molar-refractivity contribution in [1.29, 1.82) is 0 Å². The zero-order valence-electron chi connectivity index (χ0n) is 13.0. The highest BCUT2D eigenvalue weighted by Crippen LogP contribution is 2.30. The first-order valence-corrected chi connectivity index (χ1v) is 9.06. The Morgan fingerprint density at radius 1 is 1.39 bits per heavy atom. The second kappa shape index (κ2) is 6.68. The predicted octanol–water partition coefficient (Wildman–Crippen LogP) is 4.43. The first-order valence-electron chi connectivity index (χ1n) is 7.36. The van der Waals surface area contributed by atoms with E-state index in [4.69, 9.17) is 9.84 Å². The third-order valence-electron chi connectivity index (χ3n) is 3.56. The number of benzene rings is 1. The Bertz CT molecular complexity index is 851. The lowest BCUT2D eigenvalue weighted by Gasteiger charge is -2.06. The van der Waals surface area contributed by atoms with Crippen LogP contribution in [-0.2, 0) is 24.2 Å². The Balaban J connectivity index is 1.77. The lowest BCUT2D eigenvalue weighted by molar-refractivity contribution is -0.136. The number of nitrogens with zero attached hydrogens (tertiary/aromatic N) is 1. The highest BCUT2D eigenvalue weighted by molar-refractivity contribution is 7.17. The topological polar surface area (TPSA) is 59.4 Å². The van der Waals surface area contributed by atoms with Crippen molar-refractivity contribution in [2.24, 2.45) is 0 Å². The number of aromatic nitrogens is 1. The molecule has 0 saturated carbocycles. The number of ether oxygens (including phenoxy) is 1. The van der Waals surface area contributed by atoms with Crippen LogP contribution in [0.25, 0.3) is 10.1 Å². The van der Waals surface area contributed by atoms with Crippen LogP contribution in [0.15, 0.2) is 23.6 Å². The summed E-state index contributed by atoms with van der Waals surface area (Å²) in [5, 5.41) is 12.9. The maximum absolute atomic E-state index is 10.9. The third-order valence-corrected chi connectivity index (χ3v) is 5.54. The van der Waals surface area contributed by atoms with Crippen LogP contribution in [0, 0.1) is 6.92 Å². The summed E-state index contributed by atoms with van der Waals surface area (Å²) in [5.74, 6) is -0.00739. The van der Waals surface area contributed by atoms with E-state index >= 15 is 0 Å². The largest absolute Gasteiger partial charge is 0.488 e. The summed E-state index contributed by atoms with van der Waals surface area (Å²) in [6.45, 7) is 4.63. The number of fused-ring (bicyclic) bond motifs is 1. The lowest BCUT2D eigenvalue weighted by atomic mass is 10.1. The van der Waals surface area contributed by atoms with Crippen molar-refractivity contribution in [2.45, 2.75) is 33.3 Å². The van der Waals surface area contributed by atoms with Crippen LogP contribution in [0.5, 0.6) is 5.75 Å². The highest BCUT2D eigenvalue weighted by atomic mass is 32.1. The molecule has 120 valence electrons. The minimum atomic E-state index is -0.808. The lowest BCUT2D eigenvalue weighted by Crippen LogP contribution is -1.99. The molecule has 0 unspecified atom stereocenters. The number of carboxylic acid groups (broad SMARTS) is 1. The van der Waals surface area contributed by atoms with Crippen molar-refractivity contribution in [3.63, 3.8) is 0 Å². The van der Waals surface area contributed by atoms with Gasteiger partial charge in [-0.1, -0.05) is 6.92 Å². The summed E-state index contributed by atoms with van der Waals surface area (Å²) >= 11 is 3.22. The summed E-state index contributed by atoms with van der Waals surface area (Å²) in [4.78, 5) is 16.6. The van der Waals surface area contributed by atoms with Crippen LogP contribution < -0.4 is 4.74 Å². The SMILES string of the molecule is CCc1nc(C)sc1COc1ccc2c(CC(=O)O)csc2c1. The standard InChI is InChI=1S/C17H17NO3S2/c1-3-14-16(23-10(2)18-14)8-21-12-4-5-13-11(6-17(19)20)9-22-15(13)7-12/h4-5,7,9H,3,6,8H2,1-2H3,(H,19,20). The van der Waals surface area contributed by atoms with Gasteiger partial charge in [0.15, 0.2) is 0 Å². The summed E-state index contributed by atoms with van der Waals surface area (Å²) < 4.78 is 6.96. The van der Waals surface area contributed by atoms with Crippen LogP contribution in [-0.4, -0.2) is 16.1 Å². The summed E-state index contributed by atoms with van der Waals surface area (Å²) in [7, 11) is 0. The van der Waals surface area contributed by atoms with E-state index < -0.39 is 5.97 Å². The fraction of sp³-hybridized carbons (Fsp3) is 0.294. The Morgan fingerprint density at radius 3 is 2.96 bits per heavy atom. The van der Waals surface area contributed by atoms with E-state index in [2.05, 4.69) is 11.9 Å². The number of carboxylic acids is 1. The average molecular weight is 347 g/mol. The van der Waals surface area contributed by atoms with Gasteiger partial charge in [0.25, 0.3) is 0 Å². The number of thiophene rings is 1. The van der Waals surface area contributed by atoms with Crippen molar-refractivity contribution in [3.05, 3.63) is 44.7 Å². The molecule has 2 aromatic heterocycles. The van der Waals surface area contributed by atoms with Gasteiger partial charge in [0.05, 0.1) is 22.0 Å². The zero-order chi connectivity index (χ0) is 16.4. The van der Waals surface area contributed by atoms with Gasteiger partial charge >= 0.3 is 5.97 Å². The molecule has 0 aliphatic rings. The van der Waals surface area contributed by atoms with E-state index in [1.54, 1.807) is 22.7 Å². The molecular formula is C17H17NO3S2.